The maximum Gasteiger partial charge on any atom is 0.238 e. The van der Waals surface area contributed by atoms with Gasteiger partial charge < -0.3 is 14.6 Å². The van der Waals surface area contributed by atoms with E-state index < -0.39 is 22.4 Å². The van der Waals surface area contributed by atoms with Crippen LogP contribution in [0.2, 0.25) is 0 Å². The zero-order valence-corrected chi connectivity index (χ0v) is 16.5. The van der Waals surface area contributed by atoms with Crippen LogP contribution < -0.4 is 14.6 Å². The lowest BCUT2D eigenvalue weighted by Crippen LogP contribution is -2.14. The van der Waals surface area contributed by atoms with Gasteiger partial charge >= 0.3 is 0 Å². The van der Waals surface area contributed by atoms with Crippen molar-refractivity contribution in [1.29, 1.82) is 0 Å². The van der Waals surface area contributed by atoms with Crippen molar-refractivity contribution >= 4 is 10.0 Å². The number of hydrogen-bond acceptors (Lipinski definition) is 6. The fraction of sp³-hybridized carbons (Fsp3) is 0.150. The summed E-state index contributed by atoms with van der Waals surface area (Å²) in [7, 11) is -1.26. The summed E-state index contributed by atoms with van der Waals surface area (Å²) < 4.78 is 48.5. The van der Waals surface area contributed by atoms with Crippen LogP contribution in [0.4, 0.5) is 4.39 Å². The first-order valence-corrected chi connectivity index (χ1v) is 9.99. The summed E-state index contributed by atoms with van der Waals surface area (Å²) >= 11 is 0. The van der Waals surface area contributed by atoms with E-state index in [4.69, 9.17) is 14.6 Å². The first-order chi connectivity index (χ1) is 13.8. The molecular weight excluding hydrogens is 399 g/mol. The maximum atomic E-state index is 14.0. The van der Waals surface area contributed by atoms with Gasteiger partial charge in [-0.3, -0.25) is 0 Å². The zero-order valence-electron chi connectivity index (χ0n) is 15.7. The van der Waals surface area contributed by atoms with Crippen LogP contribution in [-0.2, 0) is 16.6 Å². The van der Waals surface area contributed by atoms with Crippen molar-refractivity contribution in [1.82, 2.24) is 4.98 Å². The minimum absolute atomic E-state index is 0.0763. The van der Waals surface area contributed by atoms with Crippen molar-refractivity contribution < 1.29 is 27.4 Å². The summed E-state index contributed by atoms with van der Waals surface area (Å²) in [6.45, 7) is -0.461. The first kappa shape index (κ1) is 20.7. The molecule has 29 heavy (non-hydrogen) atoms. The molecule has 0 bridgehead atoms. The third kappa shape index (κ3) is 4.21. The molecule has 0 aliphatic rings. The molecular formula is C20H19FN2O5S. The minimum Gasteiger partial charge on any atom is -0.497 e. The standard InChI is InChI=1S/C20H19FN2O5S/c1-27-14-8-12(7-13(21)9-14)18-10-16(17(11-24)20(23-18)28-2)15-5-3-4-6-19(15)29(22,25)26/h3-10,24H,11H2,1-2H3,(H2,22,25,26). The second-order valence-electron chi connectivity index (χ2n) is 6.12. The molecule has 9 heteroatoms. The highest BCUT2D eigenvalue weighted by atomic mass is 32.2. The number of aliphatic hydroxyl groups is 1. The highest BCUT2D eigenvalue weighted by Gasteiger charge is 2.21. The number of ether oxygens (including phenoxy) is 2. The number of nitrogens with two attached hydrogens (primary N) is 1. The Hall–Kier alpha value is -3.01. The molecule has 1 heterocycles. The Balaban J connectivity index is 2.35. The third-order valence-electron chi connectivity index (χ3n) is 4.32. The number of primary sulfonamides is 1. The van der Waals surface area contributed by atoms with E-state index >= 15 is 0 Å². The molecule has 1 aromatic heterocycles. The van der Waals surface area contributed by atoms with E-state index in [1.54, 1.807) is 30.3 Å². The lowest BCUT2D eigenvalue weighted by molar-refractivity contribution is 0.272. The molecule has 3 rings (SSSR count). The number of sulfonamides is 1. The molecule has 0 amide bonds. The van der Waals surface area contributed by atoms with Gasteiger partial charge in [0.1, 0.15) is 11.6 Å². The van der Waals surface area contributed by atoms with Crippen LogP contribution in [0.1, 0.15) is 5.56 Å². The Morgan fingerprint density at radius 1 is 1.07 bits per heavy atom. The van der Waals surface area contributed by atoms with E-state index in [1.165, 1.54) is 32.4 Å². The first-order valence-electron chi connectivity index (χ1n) is 8.44. The molecule has 0 saturated heterocycles. The number of nitrogens with zero attached hydrogens (tertiary/aromatic N) is 1. The lowest BCUT2D eigenvalue weighted by atomic mass is 9.98. The molecule has 0 spiro atoms. The smallest absolute Gasteiger partial charge is 0.238 e. The van der Waals surface area contributed by atoms with E-state index in [2.05, 4.69) is 4.98 Å². The van der Waals surface area contributed by atoms with Gasteiger partial charge in [0, 0.05) is 22.8 Å². The monoisotopic (exact) mass is 418 g/mol. The van der Waals surface area contributed by atoms with Crippen molar-refractivity contribution in [2.45, 2.75) is 11.5 Å². The van der Waals surface area contributed by atoms with E-state index in [-0.39, 0.29) is 21.9 Å². The molecule has 7 nitrogen and oxygen atoms in total. The quantitative estimate of drug-likeness (QED) is 0.637. The summed E-state index contributed by atoms with van der Waals surface area (Å²) in [5.74, 6) is -0.163. The number of hydrogen-bond donors (Lipinski definition) is 2. The molecule has 2 aromatic carbocycles. The SMILES string of the molecule is COc1cc(F)cc(-c2cc(-c3ccccc3S(N)(=O)=O)c(CO)c(OC)n2)c1. The van der Waals surface area contributed by atoms with Gasteiger partial charge in [0.15, 0.2) is 0 Å². The second-order valence-corrected chi connectivity index (χ2v) is 7.65. The summed E-state index contributed by atoms with van der Waals surface area (Å²) in [5.41, 5.74) is 1.58. The number of methoxy groups -OCH3 is 2. The molecule has 3 N–H and O–H groups in total. The van der Waals surface area contributed by atoms with E-state index in [0.29, 0.717) is 22.6 Å². The fourth-order valence-electron chi connectivity index (χ4n) is 3.02. The van der Waals surface area contributed by atoms with Crippen LogP contribution in [0.15, 0.2) is 53.4 Å². The van der Waals surface area contributed by atoms with E-state index in [0.717, 1.165) is 0 Å². The Morgan fingerprint density at radius 3 is 2.41 bits per heavy atom. The van der Waals surface area contributed by atoms with Gasteiger partial charge in [0.2, 0.25) is 15.9 Å². The topological polar surface area (TPSA) is 112 Å². The molecule has 152 valence electrons. The predicted octanol–water partition coefficient (Wildman–Crippen LogP) is 2.71. The van der Waals surface area contributed by atoms with Crippen LogP contribution in [0.5, 0.6) is 11.6 Å². The molecule has 0 aliphatic heterocycles. The largest absolute Gasteiger partial charge is 0.497 e. The third-order valence-corrected chi connectivity index (χ3v) is 5.29. The van der Waals surface area contributed by atoms with Crippen molar-refractivity contribution in [3.05, 3.63) is 59.9 Å². The number of benzene rings is 2. The second kappa shape index (κ2) is 8.16. The number of rotatable bonds is 6. The summed E-state index contributed by atoms with van der Waals surface area (Å²) in [4.78, 5) is 4.22. The highest BCUT2D eigenvalue weighted by Crippen LogP contribution is 2.37. The Kier molecular flexibility index (Phi) is 5.83. The molecule has 0 unspecified atom stereocenters. The van der Waals surface area contributed by atoms with Gasteiger partial charge in [0.25, 0.3) is 0 Å². The molecule has 0 fully saturated rings. The number of pyridine rings is 1. The Labute approximate surface area is 167 Å². The Bertz CT molecular complexity index is 1170. The average Bonchev–Trinajstić information content (AvgIpc) is 2.71. The lowest BCUT2D eigenvalue weighted by Gasteiger charge is -2.16. The van der Waals surface area contributed by atoms with Gasteiger partial charge in [-0.1, -0.05) is 18.2 Å². The van der Waals surface area contributed by atoms with Crippen molar-refractivity contribution in [3.8, 4) is 34.0 Å². The highest BCUT2D eigenvalue weighted by molar-refractivity contribution is 7.89. The molecule has 0 saturated carbocycles. The van der Waals surface area contributed by atoms with Gasteiger partial charge in [-0.25, -0.2) is 22.9 Å². The van der Waals surface area contributed by atoms with E-state index in [1.807, 2.05) is 0 Å². The number of halogens is 1. The molecule has 0 radical (unpaired) electrons. The van der Waals surface area contributed by atoms with Crippen LogP contribution in [-0.4, -0.2) is 32.7 Å². The Morgan fingerprint density at radius 2 is 1.79 bits per heavy atom. The summed E-state index contributed by atoms with van der Waals surface area (Å²) in [5, 5.41) is 15.3. The van der Waals surface area contributed by atoms with E-state index in [9.17, 15) is 17.9 Å². The van der Waals surface area contributed by atoms with Crippen molar-refractivity contribution in [2.75, 3.05) is 14.2 Å². The summed E-state index contributed by atoms with van der Waals surface area (Å²) in [6, 6.07) is 11.7. The number of aliphatic hydroxyl groups excluding tert-OH is 1. The number of aromatic nitrogens is 1. The fourth-order valence-corrected chi connectivity index (χ4v) is 3.78. The van der Waals surface area contributed by atoms with Crippen LogP contribution in [0.25, 0.3) is 22.4 Å². The summed E-state index contributed by atoms with van der Waals surface area (Å²) in [6.07, 6.45) is 0. The van der Waals surface area contributed by atoms with Gasteiger partial charge in [-0.2, -0.15) is 0 Å². The molecule has 0 aliphatic carbocycles. The van der Waals surface area contributed by atoms with Gasteiger partial charge in [-0.15, -0.1) is 0 Å². The molecule has 3 aromatic rings. The van der Waals surface area contributed by atoms with Crippen LogP contribution in [0, 0.1) is 5.82 Å². The van der Waals surface area contributed by atoms with Crippen LogP contribution >= 0.6 is 0 Å². The zero-order chi connectivity index (χ0) is 21.2. The van der Waals surface area contributed by atoms with Gasteiger partial charge in [0.05, 0.1) is 31.4 Å². The van der Waals surface area contributed by atoms with Gasteiger partial charge in [-0.05, 0) is 29.8 Å². The van der Waals surface area contributed by atoms with Crippen molar-refractivity contribution in [3.63, 3.8) is 0 Å². The predicted molar refractivity (Wildman–Crippen MR) is 105 cm³/mol. The maximum absolute atomic E-state index is 14.0. The average molecular weight is 418 g/mol. The van der Waals surface area contributed by atoms with Crippen LogP contribution in [0.3, 0.4) is 0 Å². The molecule has 0 atom stereocenters. The normalized spacial score (nSPS) is 11.3. The minimum atomic E-state index is -4.04. The van der Waals surface area contributed by atoms with Crippen molar-refractivity contribution in [2.24, 2.45) is 5.14 Å².